The predicted molar refractivity (Wildman–Crippen MR) is 75.8 cm³/mol. The van der Waals surface area contributed by atoms with Gasteiger partial charge in [0, 0.05) is 12.2 Å². The Balaban J connectivity index is 1.63. The Morgan fingerprint density at radius 2 is 2.11 bits per heavy atom. The number of fused-ring (bicyclic) bond motifs is 1. The first-order valence-electron chi connectivity index (χ1n) is 7.26. The van der Waals surface area contributed by atoms with Gasteiger partial charge in [-0.15, -0.1) is 10.2 Å². The molecule has 4 nitrogen and oxygen atoms in total. The molecule has 0 spiro atoms. The standard InChI is InChI=1S/C15H22N4/c1-11-6-7-13(9-12(11)2)16-10-15-18-17-14-5-3-4-8-19(14)15/h3-5,8,11-13,16H,6-7,9-10H2,1-2H3. The Labute approximate surface area is 114 Å². The van der Waals surface area contributed by atoms with Crippen molar-refractivity contribution in [3.63, 3.8) is 0 Å². The molecule has 2 heterocycles. The van der Waals surface area contributed by atoms with Gasteiger partial charge in [-0.05, 0) is 43.2 Å². The smallest absolute Gasteiger partial charge is 0.160 e. The molecule has 0 aromatic carbocycles. The van der Waals surface area contributed by atoms with Crippen LogP contribution in [0.2, 0.25) is 0 Å². The normalized spacial score (nSPS) is 27.8. The van der Waals surface area contributed by atoms with Crippen molar-refractivity contribution in [2.24, 2.45) is 11.8 Å². The number of hydrogen-bond donors (Lipinski definition) is 1. The van der Waals surface area contributed by atoms with E-state index in [2.05, 4.69) is 33.8 Å². The Morgan fingerprint density at radius 1 is 1.21 bits per heavy atom. The van der Waals surface area contributed by atoms with Crippen LogP contribution in [-0.2, 0) is 6.54 Å². The molecular formula is C15H22N4. The highest BCUT2D eigenvalue weighted by molar-refractivity contribution is 5.36. The number of nitrogens with one attached hydrogen (secondary N) is 1. The quantitative estimate of drug-likeness (QED) is 0.920. The summed E-state index contributed by atoms with van der Waals surface area (Å²) < 4.78 is 2.06. The second-order valence-electron chi connectivity index (χ2n) is 5.89. The molecule has 0 bridgehead atoms. The molecule has 3 atom stereocenters. The summed E-state index contributed by atoms with van der Waals surface area (Å²) in [7, 11) is 0. The van der Waals surface area contributed by atoms with Crippen LogP contribution in [0.25, 0.3) is 5.65 Å². The Kier molecular flexibility index (Phi) is 3.51. The molecule has 3 rings (SSSR count). The van der Waals surface area contributed by atoms with Crippen LogP contribution >= 0.6 is 0 Å². The summed E-state index contributed by atoms with van der Waals surface area (Å²) in [6.07, 6.45) is 5.91. The maximum Gasteiger partial charge on any atom is 0.160 e. The summed E-state index contributed by atoms with van der Waals surface area (Å²) in [5.74, 6) is 2.69. The van der Waals surface area contributed by atoms with Crippen molar-refractivity contribution in [3.8, 4) is 0 Å². The lowest BCUT2D eigenvalue weighted by molar-refractivity contribution is 0.224. The van der Waals surface area contributed by atoms with E-state index in [-0.39, 0.29) is 0 Å². The van der Waals surface area contributed by atoms with Crippen molar-refractivity contribution < 1.29 is 0 Å². The molecule has 1 fully saturated rings. The van der Waals surface area contributed by atoms with Gasteiger partial charge in [-0.1, -0.05) is 19.9 Å². The topological polar surface area (TPSA) is 42.2 Å². The van der Waals surface area contributed by atoms with Crippen LogP contribution in [0.5, 0.6) is 0 Å². The highest BCUT2D eigenvalue weighted by Gasteiger charge is 2.24. The Bertz CT molecular complexity index is 548. The minimum atomic E-state index is 0.627. The summed E-state index contributed by atoms with van der Waals surface area (Å²) >= 11 is 0. The van der Waals surface area contributed by atoms with Crippen molar-refractivity contribution in [1.82, 2.24) is 19.9 Å². The van der Waals surface area contributed by atoms with Gasteiger partial charge < -0.3 is 5.32 Å². The molecular weight excluding hydrogens is 236 g/mol. The third-order valence-corrected chi connectivity index (χ3v) is 4.53. The van der Waals surface area contributed by atoms with Crippen LogP contribution < -0.4 is 5.32 Å². The van der Waals surface area contributed by atoms with Crippen LogP contribution in [0.3, 0.4) is 0 Å². The summed E-state index contributed by atoms with van der Waals surface area (Å²) in [5.41, 5.74) is 0.921. The first kappa shape index (κ1) is 12.6. The average Bonchev–Trinajstić information content (AvgIpc) is 2.83. The zero-order valence-electron chi connectivity index (χ0n) is 11.7. The molecule has 1 aliphatic carbocycles. The van der Waals surface area contributed by atoms with Crippen LogP contribution in [0.4, 0.5) is 0 Å². The van der Waals surface area contributed by atoms with Gasteiger partial charge >= 0.3 is 0 Å². The summed E-state index contributed by atoms with van der Waals surface area (Å²) in [6.45, 7) is 5.54. The van der Waals surface area contributed by atoms with E-state index in [4.69, 9.17) is 0 Å². The lowest BCUT2D eigenvalue weighted by Gasteiger charge is -2.32. The number of pyridine rings is 1. The summed E-state index contributed by atoms with van der Waals surface area (Å²) in [5, 5.41) is 12.1. The fourth-order valence-electron chi connectivity index (χ4n) is 2.98. The molecule has 1 N–H and O–H groups in total. The van der Waals surface area contributed by atoms with Crippen molar-refractivity contribution in [2.75, 3.05) is 0 Å². The van der Waals surface area contributed by atoms with Crippen molar-refractivity contribution in [3.05, 3.63) is 30.2 Å². The largest absolute Gasteiger partial charge is 0.307 e. The summed E-state index contributed by atoms with van der Waals surface area (Å²) in [4.78, 5) is 0. The Hall–Kier alpha value is -1.42. The first-order chi connectivity index (χ1) is 9.24. The van der Waals surface area contributed by atoms with Gasteiger partial charge in [-0.25, -0.2) is 0 Å². The molecule has 0 aliphatic heterocycles. The first-order valence-corrected chi connectivity index (χ1v) is 7.26. The lowest BCUT2D eigenvalue weighted by Crippen LogP contribution is -2.36. The molecule has 1 saturated carbocycles. The minimum Gasteiger partial charge on any atom is -0.307 e. The second-order valence-corrected chi connectivity index (χ2v) is 5.89. The second kappa shape index (κ2) is 5.29. The molecule has 0 saturated heterocycles. The maximum atomic E-state index is 4.26. The summed E-state index contributed by atoms with van der Waals surface area (Å²) in [6, 6.07) is 6.62. The van der Waals surface area contributed by atoms with E-state index >= 15 is 0 Å². The number of nitrogens with zero attached hydrogens (tertiary/aromatic N) is 3. The van der Waals surface area contributed by atoms with Crippen LogP contribution in [0.15, 0.2) is 24.4 Å². The van der Waals surface area contributed by atoms with Crippen molar-refractivity contribution in [1.29, 1.82) is 0 Å². The molecule has 1 aliphatic rings. The molecule has 2 aromatic heterocycles. The molecule has 19 heavy (non-hydrogen) atoms. The predicted octanol–water partition coefficient (Wildman–Crippen LogP) is 2.64. The van der Waals surface area contributed by atoms with Gasteiger partial charge in [0.2, 0.25) is 0 Å². The van der Waals surface area contributed by atoms with Gasteiger partial charge in [0.15, 0.2) is 11.5 Å². The zero-order chi connectivity index (χ0) is 13.2. The fourth-order valence-corrected chi connectivity index (χ4v) is 2.98. The van der Waals surface area contributed by atoms with E-state index in [0.29, 0.717) is 6.04 Å². The third-order valence-electron chi connectivity index (χ3n) is 4.53. The van der Waals surface area contributed by atoms with Crippen LogP contribution in [-0.4, -0.2) is 20.6 Å². The average molecular weight is 258 g/mol. The van der Waals surface area contributed by atoms with Gasteiger partial charge in [0.1, 0.15) is 0 Å². The minimum absolute atomic E-state index is 0.627. The molecule has 102 valence electrons. The zero-order valence-corrected chi connectivity index (χ0v) is 11.7. The van der Waals surface area contributed by atoms with E-state index in [1.54, 1.807) is 0 Å². The van der Waals surface area contributed by atoms with Crippen LogP contribution in [0, 0.1) is 11.8 Å². The molecule has 3 unspecified atom stereocenters. The van der Waals surface area contributed by atoms with Crippen molar-refractivity contribution >= 4 is 5.65 Å². The highest BCUT2D eigenvalue weighted by atomic mass is 15.3. The number of aromatic nitrogens is 3. The third kappa shape index (κ3) is 2.63. The van der Waals surface area contributed by atoms with E-state index < -0.39 is 0 Å². The SMILES string of the molecule is CC1CCC(NCc2nnc3ccccn23)CC1C. The lowest BCUT2D eigenvalue weighted by atomic mass is 9.79. The highest BCUT2D eigenvalue weighted by Crippen LogP contribution is 2.29. The molecule has 0 radical (unpaired) electrons. The van der Waals surface area contributed by atoms with Crippen LogP contribution in [0.1, 0.15) is 38.9 Å². The van der Waals surface area contributed by atoms with E-state index in [1.165, 1.54) is 19.3 Å². The van der Waals surface area contributed by atoms with Gasteiger partial charge in [0.05, 0.1) is 6.54 Å². The van der Waals surface area contributed by atoms with Gasteiger partial charge in [0.25, 0.3) is 0 Å². The number of rotatable bonds is 3. The molecule has 2 aromatic rings. The maximum absolute atomic E-state index is 4.26. The van der Waals surface area contributed by atoms with E-state index in [0.717, 1.165) is 29.9 Å². The fraction of sp³-hybridized carbons (Fsp3) is 0.600. The molecule has 0 amide bonds. The monoisotopic (exact) mass is 258 g/mol. The van der Waals surface area contributed by atoms with Gasteiger partial charge in [-0.2, -0.15) is 0 Å². The Morgan fingerprint density at radius 3 is 2.95 bits per heavy atom. The van der Waals surface area contributed by atoms with Crippen molar-refractivity contribution in [2.45, 2.75) is 45.7 Å². The number of hydrogen-bond acceptors (Lipinski definition) is 3. The van der Waals surface area contributed by atoms with E-state index in [1.807, 2.05) is 24.4 Å². The van der Waals surface area contributed by atoms with E-state index in [9.17, 15) is 0 Å². The molecule has 4 heteroatoms. The van der Waals surface area contributed by atoms with Gasteiger partial charge in [-0.3, -0.25) is 4.40 Å².